The Kier molecular flexibility index (Phi) is 7.21. The zero-order chi connectivity index (χ0) is 26.0. The fourth-order valence-electron chi connectivity index (χ4n) is 4.52. The summed E-state index contributed by atoms with van der Waals surface area (Å²) in [5, 5.41) is 22.4. The van der Waals surface area contributed by atoms with Crippen molar-refractivity contribution in [3.63, 3.8) is 0 Å². The fourth-order valence-corrected chi connectivity index (χ4v) is 4.52. The van der Waals surface area contributed by atoms with Crippen molar-refractivity contribution in [2.45, 2.75) is 45.1 Å². The van der Waals surface area contributed by atoms with Crippen LogP contribution in [0.3, 0.4) is 0 Å². The number of carboxylic acid groups (broad SMARTS) is 1. The van der Waals surface area contributed by atoms with Crippen LogP contribution in [0.2, 0.25) is 0 Å². The monoisotopic (exact) mass is 497 g/mol. The molecule has 0 fully saturated rings. The van der Waals surface area contributed by atoms with Crippen LogP contribution in [0.4, 0.5) is 14.6 Å². The number of aliphatic hydroxyl groups excluding tert-OH is 1. The molecular weight excluding hydrogens is 468 g/mol. The number of hydrogen-bond donors (Lipinski definition) is 3. The Hall–Kier alpha value is -3.59. The van der Waals surface area contributed by atoms with Gasteiger partial charge >= 0.3 is 5.97 Å². The molecule has 0 saturated carbocycles. The first-order valence-electron chi connectivity index (χ1n) is 11.8. The lowest BCUT2D eigenvalue weighted by atomic mass is 9.86. The Morgan fingerprint density at radius 3 is 2.69 bits per heavy atom. The van der Waals surface area contributed by atoms with Crippen molar-refractivity contribution in [1.29, 1.82) is 0 Å². The van der Waals surface area contributed by atoms with Crippen LogP contribution in [0.15, 0.2) is 42.5 Å². The summed E-state index contributed by atoms with van der Waals surface area (Å²) in [5.41, 5.74) is 2.88. The molecular formula is C27H29F2N3O4. The average Bonchev–Trinajstić information content (AvgIpc) is 2.88. The predicted molar refractivity (Wildman–Crippen MR) is 133 cm³/mol. The van der Waals surface area contributed by atoms with E-state index in [-0.39, 0.29) is 11.6 Å². The molecule has 2 aromatic carbocycles. The van der Waals surface area contributed by atoms with Crippen LogP contribution in [-0.4, -0.2) is 39.9 Å². The van der Waals surface area contributed by atoms with Crippen LogP contribution in [-0.2, 0) is 10.7 Å². The van der Waals surface area contributed by atoms with Crippen molar-refractivity contribution in [2.24, 2.45) is 5.92 Å². The van der Waals surface area contributed by atoms with Gasteiger partial charge in [0.15, 0.2) is 0 Å². The third-order valence-electron chi connectivity index (χ3n) is 6.60. The van der Waals surface area contributed by atoms with Crippen LogP contribution in [0, 0.1) is 12.8 Å². The number of rotatable bonds is 8. The van der Waals surface area contributed by atoms with Gasteiger partial charge in [0.25, 0.3) is 5.92 Å². The molecule has 36 heavy (non-hydrogen) atoms. The van der Waals surface area contributed by atoms with E-state index >= 15 is 0 Å². The summed E-state index contributed by atoms with van der Waals surface area (Å²) in [6, 6.07) is 9.36. The van der Waals surface area contributed by atoms with E-state index in [2.05, 4.69) is 15.3 Å². The van der Waals surface area contributed by atoms with Gasteiger partial charge in [0.05, 0.1) is 18.5 Å². The Balaban J connectivity index is 1.72. The highest BCUT2D eigenvalue weighted by atomic mass is 19.3. The van der Waals surface area contributed by atoms with Gasteiger partial charge in [-0.1, -0.05) is 24.3 Å². The minimum Gasteiger partial charge on any atom is -0.496 e. The molecule has 1 aromatic heterocycles. The number of ether oxygens (including phenoxy) is 1. The van der Waals surface area contributed by atoms with Gasteiger partial charge in [-0.25, -0.2) is 9.97 Å². The molecule has 0 spiro atoms. The van der Waals surface area contributed by atoms with E-state index in [4.69, 9.17) is 9.84 Å². The number of nitrogens with one attached hydrogen (secondary N) is 1. The SMILES string of the molecule is COc1cc2nc(C)nc(N[C@H](C)c3cccc(C(F)(F)CO)c3)c2cc1C1=CCC(C(=O)O)CC1. The second-order valence-electron chi connectivity index (χ2n) is 9.08. The molecule has 1 heterocycles. The molecule has 0 saturated heterocycles. The molecule has 0 amide bonds. The van der Waals surface area contributed by atoms with Crippen LogP contribution >= 0.6 is 0 Å². The summed E-state index contributed by atoms with van der Waals surface area (Å²) < 4.78 is 33.7. The summed E-state index contributed by atoms with van der Waals surface area (Å²) in [6.45, 7) is 2.36. The van der Waals surface area contributed by atoms with E-state index < -0.39 is 24.4 Å². The van der Waals surface area contributed by atoms with Crippen LogP contribution < -0.4 is 10.1 Å². The van der Waals surface area contributed by atoms with Gasteiger partial charge in [0, 0.05) is 28.6 Å². The third-order valence-corrected chi connectivity index (χ3v) is 6.60. The van der Waals surface area contributed by atoms with Gasteiger partial charge < -0.3 is 20.3 Å². The van der Waals surface area contributed by atoms with Gasteiger partial charge in [-0.2, -0.15) is 8.78 Å². The maximum Gasteiger partial charge on any atom is 0.306 e. The second kappa shape index (κ2) is 10.2. The highest BCUT2D eigenvalue weighted by molar-refractivity contribution is 5.94. The van der Waals surface area contributed by atoms with E-state index in [1.54, 1.807) is 26.2 Å². The number of halogens is 2. The van der Waals surface area contributed by atoms with Gasteiger partial charge in [-0.3, -0.25) is 4.79 Å². The van der Waals surface area contributed by atoms with Crippen LogP contribution in [0.1, 0.15) is 54.7 Å². The zero-order valence-electron chi connectivity index (χ0n) is 20.4. The zero-order valence-corrected chi connectivity index (χ0v) is 20.4. The lowest BCUT2D eigenvalue weighted by Crippen LogP contribution is -2.19. The molecule has 190 valence electrons. The summed E-state index contributed by atoms with van der Waals surface area (Å²) in [6.07, 6.45) is 3.55. The summed E-state index contributed by atoms with van der Waals surface area (Å²) in [5.74, 6) is -2.79. The van der Waals surface area contributed by atoms with Crippen molar-refractivity contribution >= 4 is 28.3 Å². The maximum absolute atomic E-state index is 14.0. The topological polar surface area (TPSA) is 105 Å². The highest BCUT2D eigenvalue weighted by Gasteiger charge is 2.31. The first-order valence-corrected chi connectivity index (χ1v) is 11.8. The predicted octanol–water partition coefficient (Wildman–Crippen LogP) is 5.47. The lowest BCUT2D eigenvalue weighted by molar-refractivity contribution is -0.141. The van der Waals surface area contributed by atoms with E-state index in [1.807, 2.05) is 25.1 Å². The quantitative estimate of drug-likeness (QED) is 0.379. The Bertz CT molecular complexity index is 1330. The smallest absolute Gasteiger partial charge is 0.306 e. The lowest BCUT2D eigenvalue weighted by Gasteiger charge is -2.22. The number of aryl methyl sites for hydroxylation is 1. The molecule has 0 bridgehead atoms. The maximum atomic E-state index is 14.0. The molecule has 0 radical (unpaired) electrons. The van der Waals surface area contributed by atoms with Crippen molar-refractivity contribution in [3.8, 4) is 5.75 Å². The van der Waals surface area contributed by atoms with Gasteiger partial charge in [0.1, 0.15) is 24.0 Å². The molecule has 3 N–H and O–H groups in total. The van der Waals surface area contributed by atoms with Crippen molar-refractivity contribution in [2.75, 3.05) is 19.0 Å². The fraction of sp³-hybridized carbons (Fsp3) is 0.370. The van der Waals surface area contributed by atoms with E-state index in [0.29, 0.717) is 47.7 Å². The Labute approximate surface area is 207 Å². The number of hydrogen-bond acceptors (Lipinski definition) is 6. The number of aliphatic carboxylic acids is 1. The minimum atomic E-state index is -3.33. The number of fused-ring (bicyclic) bond motifs is 1. The molecule has 7 nitrogen and oxygen atoms in total. The number of carboxylic acids is 1. The molecule has 4 rings (SSSR count). The number of benzene rings is 2. The number of alkyl halides is 2. The number of aromatic nitrogens is 2. The number of allylic oxidation sites excluding steroid dienone is 2. The molecule has 3 aromatic rings. The second-order valence-corrected chi connectivity index (χ2v) is 9.08. The molecule has 0 aliphatic heterocycles. The normalized spacial score (nSPS) is 16.9. The van der Waals surface area contributed by atoms with Crippen LogP contribution in [0.5, 0.6) is 5.75 Å². The number of nitrogens with zero attached hydrogens (tertiary/aromatic N) is 2. The first kappa shape index (κ1) is 25.5. The van der Waals surface area contributed by atoms with Gasteiger partial charge in [-0.05, 0) is 56.4 Å². The molecule has 1 aliphatic rings. The summed E-state index contributed by atoms with van der Waals surface area (Å²) >= 11 is 0. The Morgan fingerprint density at radius 1 is 1.28 bits per heavy atom. The van der Waals surface area contributed by atoms with Gasteiger partial charge in [-0.15, -0.1) is 0 Å². The van der Waals surface area contributed by atoms with Crippen molar-refractivity contribution in [3.05, 3.63) is 65.0 Å². The number of aliphatic hydroxyl groups is 1. The molecule has 9 heteroatoms. The average molecular weight is 498 g/mol. The minimum absolute atomic E-state index is 0.254. The van der Waals surface area contributed by atoms with Crippen molar-refractivity contribution in [1.82, 2.24) is 9.97 Å². The van der Waals surface area contributed by atoms with Crippen LogP contribution in [0.25, 0.3) is 16.5 Å². The van der Waals surface area contributed by atoms with E-state index in [9.17, 15) is 18.7 Å². The number of carbonyl (C=O) groups is 1. The first-order chi connectivity index (χ1) is 17.1. The highest BCUT2D eigenvalue weighted by Crippen LogP contribution is 2.39. The largest absolute Gasteiger partial charge is 0.496 e. The van der Waals surface area contributed by atoms with Crippen molar-refractivity contribution < 1.29 is 28.5 Å². The number of anilines is 1. The molecule has 1 unspecified atom stereocenters. The molecule has 2 atom stereocenters. The van der Waals surface area contributed by atoms with E-state index in [1.165, 1.54) is 12.1 Å². The Morgan fingerprint density at radius 2 is 2.06 bits per heavy atom. The number of methoxy groups -OCH3 is 1. The standard InChI is InChI=1S/C27H29F2N3O4/c1-15(19-5-4-6-20(11-19)27(28,29)14-33)30-25-22-12-21(17-7-9-18(10-8-17)26(34)35)24(36-3)13-23(22)31-16(2)32-25/h4-7,11-13,15,18,33H,8-10,14H2,1-3H3,(H,34,35)(H,30,31,32)/t15-,18?/m1/s1. The molecule has 1 aliphatic carbocycles. The van der Waals surface area contributed by atoms with Gasteiger partial charge in [0.2, 0.25) is 0 Å². The van der Waals surface area contributed by atoms with E-state index in [0.717, 1.165) is 16.5 Å². The summed E-state index contributed by atoms with van der Waals surface area (Å²) in [4.78, 5) is 20.5. The third kappa shape index (κ3) is 5.16. The summed E-state index contributed by atoms with van der Waals surface area (Å²) in [7, 11) is 1.58.